The molecule has 0 atom stereocenters. The van der Waals surface area contributed by atoms with Gasteiger partial charge in [-0.1, -0.05) is 5.16 Å². The third kappa shape index (κ3) is 2.59. The van der Waals surface area contributed by atoms with Crippen molar-refractivity contribution in [3.63, 3.8) is 0 Å². The first-order valence-corrected chi connectivity index (χ1v) is 5.29. The van der Waals surface area contributed by atoms with Crippen LogP contribution in [0.25, 0.3) is 0 Å². The summed E-state index contributed by atoms with van der Waals surface area (Å²) in [5, 5.41) is 13.7. The lowest BCUT2D eigenvalue weighted by Crippen LogP contribution is -2.03. The number of anilines is 1. The van der Waals surface area contributed by atoms with E-state index in [1.807, 2.05) is 13.1 Å². The van der Waals surface area contributed by atoms with E-state index in [1.54, 1.807) is 6.92 Å². The second-order valence-electron chi connectivity index (χ2n) is 3.70. The molecule has 0 spiro atoms. The molecule has 0 saturated carbocycles. The Kier molecular flexibility index (Phi) is 3.19. The van der Waals surface area contributed by atoms with Crippen molar-refractivity contribution in [1.82, 2.24) is 20.3 Å². The zero-order valence-corrected chi connectivity index (χ0v) is 9.45. The third-order valence-corrected chi connectivity index (χ3v) is 2.36. The fraction of sp³-hybridized carbons (Fsp3) is 0.500. The number of rotatable bonds is 5. The summed E-state index contributed by atoms with van der Waals surface area (Å²) in [6.45, 7) is 4.63. The van der Waals surface area contributed by atoms with Crippen LogP contribution in [0.2, 0.25) is 0 Å². The normalized spacial score (nSPS) is 10.6. The van der Waals surface area contributed by atoms with Crippen LogP contribution in [0, 0.1) is 13.8 Å². The second kappa shape index (κ2) is 4.78. The van der Waals surface area contributed by atoms with Gasteiger partial charge in [0.2, 0.25) is 0 Å². The summed E-state index contributed by atoms with van der Waals surface area (Å²) in [6.07, 6.45) is 3.86. The minimum absolute atomic E-state index is 0.487. The predicted molar refractivity (Wildman–Crippen MR) is 59.2 cm³/mol. The molecule has 0 bridgehead atoms. The Morgan fingerprint density at radius 3 is 2.94 bits per heavy atom. The van der Waals surface area contributed by atoms with Crippen LogP contribution in [-0.4, -0.2) is 26.9 Å². The van der Waals surface area contributed by atoms with E-state index in [9.17, 15) is 0 Å². The minimum Gasteiger partial charge on any atom is -0.338 e. The van der Waals surface area contributed by atoms with Gasteiger partial charge in [-0.2, -0.15) is 10.1 Å². The van der Waals surface area contributed by atoms with Gasteiger partial charge in [-0.05, 0) is 32.3 Å². The van der Waals surface area contributed by atoms with Gasteiger partial charge in [0.25, 0.3) is 0 Å². The van der Waals surface area contributed by atoms with E-state index in [2.05, 4.69) is 25.7 Å². The van der Waals surface area contributed by atoms with E-state index in [-0.39, 0.29) is 0 Å². The number of hydrogen-bond acceptors (Lipinski definition) is 5. The zero-order valence-electron chi connectivity index (χ0n) is 9.45. The Hall–Kier alpha value is -1.85. The number of aromatic amines is 1. The molecule has 0 saturated heterocycles. The monoisotopic (exact) mass is 221 g/mol. The lowest BCUT2D eigenvalue weighted by Gasteiger charge is -2.00. The molecule has 0 amide bonds. The number of aromatic nitrogens is 4. The Morgan fingerprint density at radius 2 is 2.31 bits per heavy atom. The maximum absolute atomic E-state index is 4.93. The Labute approximate surface area is 93.4 Å². The van der Waals surface area contributed by atoms with Crippen molar-refractivity contribution in [1.29, 1.82) is 0 Å². The summed E-state index contributed by atoms with van der Waals surface area (Å²) in [7, 11) is 0. The van der Waals surface area contributed by atoms with Crippen molar-refractivity contribution in [3.8, 4) is 0 Å². The highest BCUT2D eigenvalue weighted by Gasteiger charge is 2.02. The van der Waals surface area contributed by atoms with E-state index in [0.29, 0.717) is 11.8 Å². The molecule has 2 N–H and O–H groups in total. The first-order valence-electron chi connectivity index (χ1n) is 5.29. The summed E-state index contributed by atoms with van der Waals surface area (Å²) in [5.74, 6) is 0.646. The fourth-order valence-electron chi connectivity index (χ4n) is 1.47. The molecule has 2 aromatic rings. The second-order valence-corrected chi connectivity index (χ2v) is 3.70. The molecule has 0 aliphatic rings. The van der Waals surface area contributed by atoms with E-state index in [1.165, 1.54) is 5.56 Å². The molecular formula is C10H15N5O. The quantitative estimate of drug-likeness (QED) is 0.747. The molecule has 0 unspecified atom stereocenters. The molecule has 16 heavy (non-hydrogen) atoms. The summed E-state index contributed by atoms with van der Waals surface area (Å²) < 4.78 is 4.93. The van der Waals surface area contributed by atoms with Crippen molar-refractivity contribution in [3.05, 3.63) is 23.3 Å². The average molecular weight is 221 g/mol. The van der Waals surface area contributed by atoms with Gasteiger partial charge in [0.15, 0.2) is 5.82 Å². The standard InChI is InChI=1S/C10H15N5O/c1-7-9(6-12-14-7)4-3-5-11-10-13-8(2)15-16-10/h6H,3-5H2,1-2H3,(H,12,14)(H,11,13,15). The van der Waals surface area contributed by atoms with E-state index >= 15 is 0 Å². The maximum Gasteiger partial charge on any atom is 0.321 e. The van der Waals surface area contributed by atoms with Crippen LogP contribution in [0.5, 0.6) is 0 Å². The number of hydrogen-bond donors (Lipinski definition) is 2. The molecule has 2 rings (SSSR count). The Balaban J connectivity index is 1.71. The smallest absolute Gasteiger partial charge is 0.321 e. The van der Waals surface area contributed by atoms with Crippen LogP contribution >= 0.6 is 0 Å². The lowest BCUT2D eigenvalue weighted by atomic mass is 10.1. The number of H-pyrrole nitrogens is 1. The van der Waals surface area contributed by atoms with E-state index in [0.717, 1.165) is 25.1 Å². The topological polar surface area (TPSA) is 79.6 Å². The van der Waals surface area contributed by atoms with Crippen LogP contribution in [0.1, 0.15) is 23.5 Å². The molecule has 6 heteroatoms. The van der Waals surface area contributed by atoms with Crippen molar-refractivity contribution in [2.75, 3.05) is 11.9 Å². The first-order chi connectivity index (χ1) is 7.75. The van der Waals surface area contributed by atoms with Gasteiger partial charge in [0, 0.05) is 12.2 Å². The fourth-order valence-corrected chi connectivity index (χ4v) is 1.47. The van der Waals surface area contributed by atoms with Crippen LogP contribution in [0.15, 0.2) is 10.7 Å². The van der Waals surface area contributed by atoms with Gasteiger partial charge in [-0.3, -0.25) is 5.10 Å². The average Bonchev–Trinajstić information content (AvgIpc) is 2.83. The molecule has 2 aromatic heterocycles. The molecule has 6 nitrogen and oxygen atoms in total. The molecule has 86 valence electrons. The molecule has 0 aliphatic carbocycles. The van der Waals surface area contributed by atoms with Crippen molar-refractivity contribution in [2.24, 2.45) is 0 Å². The molecule has 0 aliphatic heterocycles. The highest BCUT2D eigenvalue weighted by molar-refractivity contribution is 5.18. The van der Waals surface area contributed by atoms with Crippen molar-refractivity contribution < 1.29 is 4.52 Å². The zero-order chi connectivity index (χ0) is 11.4. The predicted octanol–water partition coefficient (Wildman–Crippen LogP) is 1.45. The number of aryl methyl sites for hydroxylation is 3. The van der Waals surface area contributed by atoms with Crippen molar-refractivity contribution in [2.45, 2.75) is 26.7 Å². The molecule has 0 fully saturated rings. The van der Waals surface area contributed by atoms with E-state index < -0.39 is 0 Å². The number of nitrogens with one attached hydrogen (secondary N) is 2. The van der Waals surface area contributed by atoms with Gasteiger partial charge < -0.3 is 9.84 Å². The first kappa shape index (κ1) is 10.7. The molecule has 0 radical (unpaired) electrons. The van der Waals surface area contributed by atoms with Crippen LogP contribution in [0.3, 0.4) is 0 Å². The summed E-state index contributed by atoms with van der Waals surface area (Å²) in [5.41, 5.74) is 2.39. The highest BCUT2D eigenvalue weighted by atomic mass is 16.5. The van der Waals surface area contributed by atoms with E-state index in [4.69, 9.17) is 4.52 Å². The van der Waals surface area contributed by atoms with Crippen molar-refractivity contribution >= 4 is 6.01 Å². The Morgan fingerprint density at radius 1 is 1.44 bits per heavy atom. The van der Waals surface area contributed by atoms with Gasteiger partial charge in [-0.25, -0.2) is 0 Å². The number of nitrogens with zero attached hydrogens (tertiary/aromatic N) is 3. The van der Waals surface area contributed by atoms with Crippen LogP contribution in [-0.2, 0) is 6.42 Å². The molecule has 0 aromatic carbocycles. The van der Waals surface area contributed by atoms with Gasteiger partial charge in [0.05, 0.1) is 6.20 Å². The summed E-state index contributed by atoms with van der Waals surface area (Å²) in [4.78, 5) is 4.06. The van der Waals surface area contributed by atoms with Crippen LogP contribution in [0.4, 0.5) is 6.01 Å². The largest absolute Gasteiger partial charge is 0.338 e. The summed E-state index contributed by atoms with van der Waals surface area (Å²) in [6, 6.07) is 0.487. The van der Waals surface area contributed by atoms with Crippen LogP contribution < -0.4 is 5.32 Å². The lowest BCUT2D eigenvalue weighted by molar-refractivity contribution is 0.425. The minimum atomic E-state index is 0.487. The highest BCUT2D eigenvalue weighted by Crippen LogP contribution is 2.07. The molecule has 2 heterocycles. The third-order valence-electron chi connectivity index (χ3n) is 2.36. The maximum atomic E-state index is 4.93. The SMILES string of the molecule is Cc1noc(NCCCc2cn[nH]c2C)n1. The van der Waals surface area contributed by atoms with Gasteiger partial charge in [0.1, 0.15) is 0 Å². The summed E-state index contributed by atoms with van der Waals surface area (Å²) >= 11 is 0. The Bertz CT molecular complexity index is 448. The van der Waals surface area contributed by atoms with Gasteiger partial charge >= 0.3 is 6.01 Å². The molecular weight excluding hydrogens is 206 g/mol. The van der Waals surface area contributed by atoms with Gasteiger partial charge in [-0.15, -0.1) is 0 Å².